The molecule has 64 valence electrons. The molecule has 0 aliphatic heterocycles. The van der Waals surface area contributed by atoms with Crippen molar-refractivity contribution in [1.82, 2.24) is 10.2 Å². The molecule has 1 aromatic heterocycles. The van der Waals surface area contributed by atoms with E-state index in [9.17, 15) is 8.78 Å². The van der Waals surface area contributed by atoms with Crippen LogP contribution >= 0.6 is 0 Å². The summed E-state index contributed by atoms with van der Waals surface area (Å²) in [5, 5.41) is 5.95. The Morgan fingerprint density at radius 3 is 2.58 bits per heavy atom. The molecule has 1 aliphatic carbocycles. The Hall–Kier alpha value is -1.10. The van der Waals surface area contributed by atoms with Gasteiger partial charge in [0.05, 0.1) is 0 Å². The van der Waals surface area contributed by atoms with Gasteiger partial charge in [-0.2, -0.15) is 8.78 Å². The molecule has 2 rings (SSSR count). The zero-order chi connectivity index (χ0) is 8.77. The van der Waals surface area contributed by atoms with E-state index in [0.29, 0.717) is 12.8 Å². The molecular formula is C7H7F2N3. The summed E-state index contributed by atoms with van der Waals surface area (Å²) in [6.45, 7) is 0. The molecule has 0 atom stereocenters. The predicted octanol–water partition coefficient (Wildman–Crippen LogP) is 0.703. The standard InChI is InChI=1S/C7H7F2N3/c8-5-3-4(6(9)12-11-5)7(10)1-2-7/h3H,1-2,10H2. The molecule has 12 heavy (non-hydrogen) atoms. The summed E-state index contributed by atoms with van der Waals surface area (Å²) in [6.07, 6.45) is 1.35. The van der Waals surface area contributed by atoms with Crippen LogP contribution in [-0.4, -0.2) is 10.2 Å². The lowest BCUT2D eigenvalue weighted by Gasteiger charge is -2.07. The fraction of sp³-hybridized carbons (Fsp3) is 0.429. The summed E-state index contributed by atoms with van der Waals surface area (Å²) in [5.74, 6) is -1.56. The topological polar surface area (TPSA) is 51.8 Å². The van der Waals surface area contributed by atoms with E-state index in [1.165, 1.54) is 0 Å². The second-order valence-electron chi connectivity index (χ2n) is 3.03. The number of nitrogens with zero attached hydrogens (tertiary/aromatic N) is 2. The minimum Gasteiger partial charge on any atom is -0.321 e. The van der Waals surface area contributed by atoms with Crippen LogP contribution in [0.4, 0.5) is 8.78 Å². The molecule has 1 saturated carbocycles. The van der Waals surface area contributed by atoms with E-state index in [0.717, 1.165) is 6.07 Å². The molecule has 0 saturated heterocycles. The average molecular weight is 171 g/mol. The maximum absolute atomic E-state index is 12.9. The molecule has 1 fully saturated rings. The molecule has 0 amide bonds. The van der Waals surface area contributed by atoms with Gasteiger partial charge in [0.2, 0.25) is 11.9 Å². The fourth-order valence-electron chi connectivity index (χ4n) is 1.11. The maximum atomic E-state index is 12.9. The van der Waals surface area contributed by atoms with Gasteiger partial charge in [-0.1, -0.05) is 0 Å². The molecule has 1 heterocycles. The first-order valence-electron chi connectivity index (χ1n) is 3.60. The molecule has 0 aromatic carbocycles. The first kappa shape index (κ1) is 7.54. The fourth-order valence-corrected chi connectivity index (χ4v) is 1.11. The van der Waals surface area contributed by atoms with Crippen LogP contribution in [0.5, 0.6) is 0 Å². The van der Waals surface area contributed by atoms with Gasteiger partial charge in [-0.15, -0.1) is 10.2 Å². The number of halogens is 2. The number of aromatic nitrogens is 2. The normalized spacial score (nSPS) is 19.2. The highest BCUT2D eigenvalue weighted by Crippen LogP contribution is 2.43. The summed E-state index contributed by atoms with van der Waals surface area (Å²) in [5.41, 5.74) is 5.10. The molecular weight excluding hydrogens is 164 g/mol. The van der Waals surface area contributed by atoms with Crippen molar-refractivity contribution in [3.05, 3.63) is 23.5 Å². The van der Waals surface area contributed by atoms with Gasteiger partial charge >= 0.3 is 0 Å². The molecule has 3 nitrogen and oxygen atoms in total. The van der Waals surface area contributed by atoms with E-state index in [2.05, 4.69) is 10.2 Å². The summed E-state index contributed by atoms with van der Waals surface area (Å²) in [7, 11) is 0. The summed E-state index contributed by atoms with van der Waals surface area (Å²) in [6, 6.07) is 1.01. The summed E-state index contributed by atoms with van der Waals surface area (Å²) >= 11 is 0. The van der Waals surface area contributed by atoms with Crippen molar-refractivity contribution in [1.29, 1.82) is 0 Å². The molecule has 0 bridgehead atoms. The monoisotopic (exact) mass is 171 g/mol. The Morgan fingerprint density at radius 1 is 1.33 bits per heavy atom. The van der Waals surface area contributed by atoms with Crippen LogP contribution < -0.4 is 5.73 Å². The third-order valence-electron chi connectivity index (χ3n) is 2.04. The zero-order valence-electron chi connectivity index (χ0n) is 6.22. The van der Waals surface area contributed by atoms with Crippen LogP contribution in [0.15, 0.2) is 6.07 Å². The van der Waals surface area contributed by atoms with Crippen molar-refractivity contribution in [2.75, 3.05) is 0 Å². The zero-order valence-corrected chi connectivity index (χ0v) is 6.22. The molecule has 5 heteroatoms. The van der Waals surface area contributed by atoms with Crippen molar-refractivity contribution >= 4 is 0 Å². The lowest BCUT2D eigenvalue weighted by atomic mass is 10.1. The van der Waals surface area contributed by atoms with Crippen molar-refractivity contribution in [2.45, 2.75) is 18.4 Å². The van der Waals surface area contributed by atoms with Crippen LogP contribution in [-0.2, 0) is 5.54 Å². The molecule has 1 aromatic rings. The van der Waals surface area contributed by atoms with E-state index in [1.807, 2.05) is 0 Å². The van der Waals surface area contributed by atoms with Gasteiger partial charge in [-0.25, -0.2) is 0 Å². The van der Waals surface area contributed by atoms with Crippen LogP contribution in [0.1, 0.15) is 18.4 Å². The Kier molecular flexibility index (Phi) is 1.38. The number of hydrogen-bond acceptors (Lipinski definition) is 3. The number of nitrogens with two attached hydrogens (primary N) is 1. The minimum atomic E-state index is -0.789. The van der Waals surface area contributed by atoms with E-state index in [4.69, 9.17) is 5.73 Å². The molecule has 0 spiro atoms. The van der Waals surface area contributed by atoms with Gasteiger partial charge in [0.1, 0.15) is 0 Å². The van der Waals surface area contributed by atoms with E-state index >= 15 is 0 Å². The summed E-state index contributed by atoms with van der Waals surface area (Å²) in [4.78, 5) is 0. The highest BCUT2D eigenvalue weighted by Gasteiger charge is 2.43. The largest absolute Gasteiger partial charge is 0.321 e. The molecule has 0 unspecified atom stereocenters. The Labute approximate surface area is 67.6 Å². The smallest absolute Gasteiger partial charge is 0.238 e. The van der Waals surface area contributed by atoms with Crippen LogP contribution in [0, 0.1) is 11.9 Å². The van der Waals surface area contributed by atoms with Gasteiger partial charge in [0.25, 0.3) is 0 Å². The van der Waals surface area contributed by atoms with Crippen molar-refractivity contribution in [3.63, 3.8) is 0 Å². The maximum Gasteiger partial charge on any atom is 0.238 e. The van der Waals surface area contributed by atoms with E-state index in [1.54, 1.807) is 0 Å². The first-order chi connectivity index (χ1) is 5.62. The predicted molar refractivity (Wildman–Crippen MR) is 37.0 cm³/mol. The Bertz CT molecular complexity index is 322. The van der Waals surface area contributed by atoms with Crippen LogP contribution in [0.2, 0.25) is 0 Å². The van der Waals surface area contributed by atoms with Crippen LogP contribution in [0.25, 0.3) is 0 Å². The minimum absolute atomic E-state index is 0.134. The lowest BCUT2D eigenvalue weighted by Crippen LogP contribution is -2.21. The average Bonchev–Trinajstić information content (AvgIpc) is 2.75. The van der Waals surface area contributed by atoms with Gasteiger partial charge in [0, 0.05) is 17.2 Å². The number of rotatable bonds is 1. The molecule has 0 radical (unpaired) electrons. The SMILES string of the molecule is NC1(c2cc(F)nnc2F)CC1. The van der Waals surface area contributed by atoms with Gasteiger partial charge in [-0.05, 0) is 12.8 Å². The Morgan fingerprint density at radius 2 is 2.00 bits per heavy atom. The molecule has 1 aliphatic rings. The van der Waals surface area contributed by atoms with Gasteiger partial charge in [0.15, 0.2) is 0 Å². The third kappa shape index (κ3) is 1.06. The third-order valence-corrected chi connectivity index (χ3v) is 2.04. The highest BCUT2D eigenvalue weighted by atomic mass is 19.1. The van der Waals surface area contributed by atoms with Crippen LogP contribution in [0.3, 0.4) is 0 Å². The molecule has 2 N–H and O–H groups in total. The van der Waals surface area contributed by atoms with Crippen molar-refractivity contribution in [2.24, 2.45) is 5.73 Å². The van der Waals surface area contributed by atoms with E-state index < -0.39 is 17.4 Å². The second kappa shape index (κ2) is 2.20. The number of hydrogen-bond donors (Lipinski definition) is 1. The van der Waals surface area contributed by atoms with Gasteiger partial charge in [-0.3, -0.25) is 0 Å². The quantitative estimate of drug-likeness (QED) is 0.676. The van der Waals surface area contributed by atoms with E-state index in [-0.39, 0.29) is 5.56 Å². The van der Waals surface area contributed by atoms with Crippen molar-refractivity contribution < 1.29 is 8.78 Å². The highest BCUT2D eigenvalue weighted by molar-refractivity contribution is 5.26. The first-order valence-corrected chi connectivity index (χ1v) is 3.60. The van der Waals surface area contributed by atoms with Gasteiger partial charge < -0.3 is 5.73 Å². The van der Waals surface area contributed by atoms with Crippen molar-refractivity contribution in [3.8, 4) is 0 Å². The summed E-state index contributed by atoms with van der Waals surface area (Å²) < 4.78 is 25.4. The lowest BCUT2D eigenvalue weighted by molar-refractivity contribution is 0.479. The second-order valence-corrected chi connectivity index (χ2v) is 3.03. The Balaban J connectivity index is 2.48.